The molecule has 0 saturated carbocycles. The lowest BCUT2D eigenvalue weighted by atomic mass is 10.3. The maximum atomic E-state index is 12.3. The lowest BCUT2D eigenvalue weighted by Gasteiger charge is -2.08. The second kappa shape index (κ2) is 5.01. The van der Waals surface area contributed by atoms with Crippen molar-refractivity contribution in [2.75, 3.05) is 4.72 Å². The third-order valence-electron chi connectivity index (χ3n) is 3.10. The minimum absolute atomic E-state index is 0.115. The molecule has 108 valence electrons. The zero-order valence-corrected chi connectivity index (χ0v) is 12.7. The van der Waals surface area contributed by atoms with Crippen LogP contribution in [-0.2, 0) is 17.1 Å². The fraction of sp³-hybridized carbons (Fsp3) is 0.0714. The Bertz CT molecular complexity index is 957. The van der Waals surface area contributed by atoms with Gasteiger partial charge in [0.15, 0.2) is 0 Å². The molecule has 0 fully saturated rings. The summed E-state index contributed by atoms with van der Waals surface area (Å²) in [5.74, 6) is 0. The predicted octanol–water partition coefficient (Wildman–Crippen LogP) is 2.40. The minimum atomic E-state index is -3.66. The molecule has 0 aliphatic carbocycles. The van der Waals surface area contributed by atoms with E-state index in [9.17, 15) is 13.2 Å². The van der Waals surface area contributed by atoms with Gasteiger partial charge < -0.3 is 4.57 Å². The Kier molecular flexibility index (Phi) is 3.30. The maximum absolute atomic E-state index is 12.3. The molecule has 0 spiro atoms. The lowest BCUT2D eigenvalue weighted by molar-refractivity contribution is 0.601. The van der Waals surface area contributed by atoms with Gasteiger partial charge in [0.2, 0.25) is 0 Å². The van der Waals surface area contributed by atoms with Gasteiger partial charge in [0.05, 0.1) is 15.1 Å². The molecule has 0 aliphatic heterocycles. The van der Waals surface area contributed by atoms with Crippen LogP contribution in [0.2, 0.25) is 0 Å². The number of thiazole rings is 1. The van der Waals surface area contributed by atoms with Crippen molar-refractivity contribution in [1.82, 2.24) is 4.57 Å². The molecule has 0 bridgehead atoms. The lowest BCUT2D eigenvalue weighted by Crippen LogP contribution is -2.12. The Morgan fingerprint density at radius 1 is 1.10 bits per heavy atom. The van der Waals surface area contributed by atoms with Crippen LogP contribution in [0.3, 0.4) is 0 Å². The summed E-state index contributed by atoms with van der Waals surface area (Å²) in [6, 6.07) is 13.3. The van der Waals surface area contributed by atoms with Gasteiger partial charge in [0.25, 0.3) is 10.0 Å². The molecule has 0 amide bonds. The second-order valence-electron chi connectivity index (χ2n) is 4.53. The SMILES string of the molecule is Cn1c(=O)sc2cc(S(=O)(=O)Nc3ccccc3)ccc21. The van der Waals surface area contributed by atoms with Crippen molar-refractivity contribution in [3.8, 4) is 0 Å². The monoisotopic (exact) mass is 320 g/mol. The number of nitrogens with one attached hydrogen (secondary N) is 1. The number of anilines is 1. The molecule has 0 aliphatic rings. The molecule has 21 heavy (non-hydrogen) atoms. The highest BCUT2D eigenvalue weighted by Gasteiger charge is 2.16. The average molecular weight is 320 g/mol. The van der Waals surface area contributed by atoms with Crippen LogP contribution >= 0.6 is 11.3 Å². The average Bonchev–Trinajstić information content (AvgIpc) is 2.74. The van der Waals surface area contributed by atoms with E-state index in [0.29, 0.717) is 10.4 Å². The van der Waals surface area contributed by atoms with E-state index in [0.717, 1.165) is 16.9 Å². The molecule has 1 heterocycles. The van der Waals surface area contributed by atoms with Crippen molar-refractivity contribution < 1.29 is 8.42 Å². The van der Waals surface area contributed by atoms with E-state index < -0.39 is 10.0 Å². The van der Waals surface area contributed by atoms with E-state index >= 15 is 0 Å². The van der Waals surface area contributed by atoms with E-state index in [1.54, 1.807) is 37.4 Å². The van der Waals surface area contributed by atoms with Gasteiger partial charge in [0, 0.05) is 12.7 Å². The maximum Gasteiger partial charge on any atom is 0.307 e. The third kappa shape index (κ3) is 2.57. The Morgan fingerprint density at radius 2 is 1.81 bits per heavy atom. The fourth-order valence-corrected chi connectivity index (χ4v) is 4.08. The van der Waals surface area contributed by atoms with Crippen LogP contribution in [0.1, 0.15) is 0 Å². The van der Waals surface area contributed by atoms with E-state index in [1.807, 2.05) is 6.07 Å². The topological polar surface area (TPSA) is 68.2 Å². The zero-order valence-electron chi connectivity index (χ0n) is 11.1. The number of rotatable bonds is 3. The molecule has 3 rings (SSSR count). The van der Waals surface area contributed by atoms with Crippen molar-refractivity contribution in [1.29, 1.82) is 0 Å². The molecule has 0 saturated heterocycles. The van der Waals surface area contributed by atoms with Gasteiger partial charge in [-0.15, -0.1) is 0 Å². The Labute approximate surface area is 125 Å². The highest BCUT2D eigenvalue weighted by Crippen LogP contribution is 2.22. The highest BCUT2D eigenvalue weighted by atomic mass is 32.2. The van der Waals surface area contributed by atoms with Gasteiger partial charge in [-0.3, -0.25) is 9.52 Å². The standard InChI is InChI=1S/C14H12N2O3S2/c1-16-12-8-7-11(9-13(12)20-14(16)17)21(18,19)15-10-5-3-2-4-6-10/h2-9,15H,1H3. The van der Waals surface area contributed by atoms with Crippen LogP contribution in [0.4, 0.5) is 5.69 Å². The van der Waals surface area contributed by atoms with Crippen LogP contribution in [-0.4, -0.2) is 13.0 Å². The number of fused-ring (bicyclic) bond motifs is 1. The molecule has 1 N–H and O–H groups in total. The number of nitrogens with zero attached hydrogens (tertiary/aromatic N) is 1. The summed E-state index contributed by atoms with van der Waals surface area (Å²) in [6.45, 7) is 0. The number of para-hydroxylation sites is 1. The smallest absolute Gasteiger partial charge is 0.302 e. The van der Waals surface area contributed by atoms with Gasteiger partial charge in [-0.2, -0.15) is 0 Å². The van der Waals surface area contributed by atoms with Gasteiger partial charge in [0.1, 0.15) is 0 Å². The number of benzene rings is 2. The summed E-state index contributed by atoms with van der Waals surface area (Å²) >= 11 is 1.03. The molecule has 1 aromatic heterocycles. The van der Waals surface area contributed by atoms with Gasteiger partial charge in [-0.1, -0.05) is 29.5 Å². The van der Waals surface area contributed by atoms with Crippen LogP contribution in [0.25, 0.3) is 10.2 Å². The molecule has 3 aromatic rings. The predicted molar refractivity (Wildman–Crippen MR) is 84.3 cm³/mol. The quantitative estimate of drug-likeness (QED) is 0.806. The molecule has 0 atom stereocenters. The van der Waals surface area contributed by atoms with Gasteiger partial charge in [-0.05, 0) is 30.3 Å². The molecule has 0 radical (unpaired) electrons. The summed E-state index contributed by atoms with van der Waals surface area (Å²) in [7, 11) is -2.00. The fourth-order valence-electron chi connectivity index (χ4n) is 2.00. The van der Waals surface area contributed by atoms with Crippen molar-refractivity contribution >= 4 is 37.3 Å². The van der Waals surface area contributed by atoms with E-state index in [1.165, 1.54) is 16.7 Å². The largest absolute Gasteiger partial charge is 0.307 e. The van der Waals surface area contributed by atoms with Crippen LogP contribution in [0.5, 0.6) is 0 Å². The first-order chi connectivity index (χ1) is 9.97. The summed E-state index contributed by atoms with van der Waals surface area (Å²) < 4.78 is 29.4. The zero-order chi connectivity index (χ0) is 15.0. The van der Waals surface area contributed by atoms with E-state index in [4.69, 9.17) is 0 Å². The molecule has 0 unspecified atom stereocenters. The molecular formula is C14H12N2O3S2. The van der Waals surface area contributed by atoms with Crippen LogP contribution in [0.15, 0.2) is 58.2 Å². The van der Waals surface area contributed by atoms with Crippen molar-refractivity contribution in [2.45, 2.75) is 4.90 Å². The Hall–Kier alpha value is -2.12. The van der Waals surface area contributed by atoms with Crippen molar-refractivity contribution in [3.63, 3.8) is 0 Å². The normalized spacial score (nSPS) is 11.7. The summed E-state index contributed by atoms with van der Waals surface area (Å²) in [6.07, 6.45) is 0. The minimum Gasteiger partial charge on any atom is -0.302 e. The van der Waals surface area contributed by atoms with Crippen molar-refractivity contribution in [2.24, 2.45) is 7.05 Å². The van der Waals surface area contributed by atoms with Crippen LogP contribution < -0.4 is 9.60 Å². The summed E-state index contributed by atoms with van der Waals surface area (Å²) in [5.41, 5.74) is 1.22. The Morgan fingerprint density at radius 3 is 2.52 bits per heavy atom. The van der Waals surface area contributed by atoms with E-state index in [2.05, 4.69) is 4.72 Å². The number of aromatic nitrogens is 1. The molecule has 5 nitrogen and oxygen atoms in total. The van der Waals surface area contributed by atoms with Crippen molar-refractivity contribution in [3.05, 3.63) is 58.2 Å². The van der Waals surface area contributed by atoms with E-state index in [-0.39, 0.29) is 9.77 Å². The second-order valence-corrected chi connectivity index (χ2v) is 7.20. The number of sulfonamides is 1. The molecule has 7 heteroatoms. The summed E-state index contributed by atoms with van der Waals surface area (Å²) in [4.78, 5) is 11.6. The number of aryl methyl sites for hydroxylation is 1. The summed E-state index contributed by atoms with van der Waals surface area (Å²) in [5, 5.41) is 0. The number of hydrogen-bond acceptors (Lipinski definition) is 4. The first-order valence-electron chi connectivity index (χ1n) is 6.15. The highest BCUT2D eigenvalue weighted by molar-refractivity contribution is 7.92. The molecular weight excluding hydrogens is 308 g/mol. The van der Waals surface area contributed by atoms with Crippen LogP contribution in [0, 0.1) is 0 Å². The van der Waals surface area contributed by atoms with Gasteiger partial charge in [-0.25, -0.2) is 8.42 Å². The molecule has 2 aromatic carbocycles. The first kappa shape index (κ1) is 13.8. The first-order valence-corrected chi connectivity index (χ1v) is 8.45. The van der Waals surface area contributed by atoms with Gasteiger partial charge >= 0.3 is 4.87 Å². The Balaban J connectivity index is 2.05. The third-order valence-corrected chi connectivity index (χ3v) is 5.47. The number of hydrogen-bond donors (Lipinski definition) is 1.